The van der Waals surface area contributed by atoms with Crippen molar-refractivity contribution in [1.82, 2.24) is 9.80 Å². The fraction of sp³-hybridized carbons (Fsp3) is 0.588. The molecule has 1 aromatic rings. The van der Waals surface area contributed by atoms with E-state index >= 15 is 0 Å². The number of halogens is 1. The highest BCUT2D eigenvalue weighted by molar-refractivity contribution is 5.65. The highest BCUT2D eigenvalue weighted by Crippen LogP contribution is 2.33. The van der Waals surface area contributed by atoms with Crippen molar-refractivity contribution in [1.29, 1.82) is 0 Å². The molecular formula is C17H25FN2O2. The number of nitrogens with zero attached hydrogens (tertiary/aromatic N) is 2. The van der Waals surface area contributed by atoms with Crippen LogP contribution in [0.25, 0.3) is 0 Å². The molecule has 0 aliphatic carbocycles. The van der Waals surface area contributed by atoms with E-state index < -0.39 is 6.09 Å². The van der Waals surface area contributed by atoms with Crippen molar-refractivity contribution in [2.75, 3.05) is 13.1 Å². The number of hydrogen-bond acceptors (Lipinski definition) is 2. The van der Waals surface area contributed by atoms with Crippen LogP contribution in [0.3, 0.4) is 0 Å². The van der Waals surface area contributed by atoms with E-state index in [9.17, 15) is 14.3 Å². The van der Waals surface area contributed by atoms with Crippen molar-refractivity contribution in [2.24, 2.45) is 5.92 Å². The first-order valence-corrected chi connectivity index (χ1v) is 7.82. The molecule has 1 amide bonds. The van der Waals surface area contributed by atoms with E-state index in [1.54, 1.807) is 0 Å². The molecule has 1 aromatic carbocycles. The average Bonchev–Trinajstić information content (AvgIpc) is 2.44. The molecule has 4 nitrogen and oxygen atoms in total. The molecule has 22 heavy (non-hydrogen) atoms. The summed E-state index contributed by atoms with van der Waals surface area (Å²) in [4.78, 5) is 15.1. The smallest absolute Gasteiger partial charge is 0.407 e. The quantitative estimate of drug-likeness (QED) is 0.928. The topological polar surface area (TPSA) is 43.8 Å². The maximum atomic E-state index is 13.2. The predicted molar refractivity (Wildman–Crippen MR) is 84.3 cm³/mol. The molecule has 2 rings (SSSR count). The summed E-state index contributed by atoms with van der Waals surface area (Å²) >= 11 is 0. The number of amides is 1. The van der Waals surface area contributed by atoms with Gasteiger partial charge in [-0.15, -0.1) is 0 Å². The van der Waals surface area contributed by atoms with Gasteiger partial charge in [0.1, 0.15) is 5.82 Å². The van der Waals surface area contributed by atoms with E-state index in [1.165, 1.54) is 17.0 Å². The standard InChI is InChI=1S/C17H25FN2O2/c1-11(2)16(14-5-7-15(18)8-6-14)19-9-13(4)20(17(21)22)10-12(19)3/h5-8,11-13,16H,9-10H2,1-4H3,(H,21,22)/t12-,13+,16?/m1/s1. The second-order valence-corrected chi connectivity index (χ2v) is 6.57. The molecule has 0 spiro atoms. The van der Waals surface area contributed by atoms with Crippen LogP contribution in [0.4, 0.5) is 9.18 Å². The van der Waals surface area contributed by atoms with Crippen LogP contribution < -0.4 is 0 Å². The van der Waals surface area contributed by atoms with Crippen LogP contribution in [-0.2, 0) is 0 Å². The van der Waals surface area contributed by atoms with Gasteiger partial charge in [-0.2, -0.15) is 0 Å². The van der Waals surface area contributed by atoms with Crippen LogP contribution in [0.1, 0.15) is 39.3 Å². The minimum Gasteiger partial charge on any atom is -0.465 e. The summed E-state index contributed by atoms with van der Waals surface area (Å²) in [6.07, 6.45) is -0.859. The predicted octanol–water partition coefficient (Wildman–Crippen LogP) is 3.60. The number of carbonyl (C=O) groups is 1. The van der Waals surface area contributed by atoms with Crippen molar-refractivity contribution in [3.8, 4) is 0 Å². The van der Waals surface area contributed by atoms with Gasteiger partial charge < -0.3 is 10.0 Å². The molecule has 5 heteroatoms. The van der Waals surface area contributed by atoms with Gasteiger partial charge in [-0.05, 0) is 37.5 Å². The second-order valence-electron chi connectivity index (χ2n) is 6.57. The zero-order valence-corrected chi connectivity index (χ0v) is 13.7. The Bertz CT molecular complexity index is 518. The maximum Gasteiger partial charge on any atom is 0.407 e. The fourth-order valence-electron chi connectivity index (χ4n) is 3.43. The lowest BCUT2D eigenvalue weighted by atomic mass is 9.91. The molecule has 1 heterocycles. The van der Waals surface area contributed by atoms with Crippen molar-refractivity contribution < 1.29 is 14.3 Å². The average molecular weight is 308 g/mol. The van der Waals surface area contributed by atoms with Gasteiger partial charge in [-0.25, -0.2) is 9.18 Å². The van der Waals surface area contributed by atoms with Crippen LogP contribution in [0.5, 0.6) is 0 Å². The molecule has 0 saturated carbocycles. The lowest BCUT2D eigenvalue weighted by Crippen LogP contribution is -2.59. The summed E-state index contributed by atoms with van der Waals surface area (Å²) in [7, 11) is 0. The largest absolute Gasteiger partial charge is 0.465 e. The fourth-order valence-corrected chi connectivity index (χ4v) is 3.43. The van der Waals surface area contributed by atoms with Crippen LogP contribution in [0, 0.1) is 11.7 Å². The normalized spacial score (nSPS) is 24.5. The van der Waals surface area contributed by atoms with Gasteiger partial charge in [0.15, 0.2) is 0 Å². The first-order valence-electron chi connectivity index (χ1n) is 7.82. The molecule has 1 aliphatic rings. The Morgan fingerprint density at radius 3 is 2.27 bits per heavy atom. The highest BCUT2D eigenvalue weighted by atomic mass is 19.1. The molecule has 0 radical (unpaired) electrons. The van der Waals surface area contributed by atoms with E-state index in [0.29, 0.717) is 19.0 Å². The van der Waals surface area contributed by atoms with Gasteiger partial charge in [0, 0.05) is 31.2 Å². The number of benzene rings is 1. The van der Waals surface area contributed by atoms with Gasteiger partial charge in [0.25, 0.3) is 0 Å². The molecule has 122 valence electrons. The van der Waals surface area contributed by atoms with Crippen molar-refractivity contribution in [2.45, 2.75) is 45.8 Å². The van der Waals surface area contributed by atoms with Crippen LogP contribution in [0.15, 0.2) is 24.3 Å². The SMILES string of the molecule is CC(C)C(c1ccc(F)cc1)N1C[C@H](C)N(C(=O)O)C[C@H]1C. The first kappa shape index (κ1) is 16.7. The minimum atomic E-state index is -0.859. The van der Waals surface area contributed by atoms with Crippen LogP contribution in [-0.4, -0.2) is 46.2 Å². The number of piperazine rings is 1. The van der Waals surface area contributed by atoms with Gasteiger partial charge >= 0.3 is 6.09 Å². The molecule has 1 aliphatic heterocycles. The van der Waals surface area contributed by atoms with Crippen molar-refractivity contribution in [3.05, 3.63) is 35.6 Å². The van der Waals surface area contributed by atoms with Crippen molar-refractivity contribution in [3.63, 3.8) is 0 Å². The third kappa shape index (κ3) is 3.40. The molecular weight excluding hydrogens is 283 g/mol. The van der Waals surface area contributed by atoms with Crippen molar-refractivity contribution >= 4 is 6.09 Å². The summed E-state index contributed by atoms with van der Waals surface area (Å²) in [5.41, 5.74) is 1.08. The Hall–Kier alpha value is -1.62. The van der Waals surface area contributed by atoms with E-state index in [4.69, 9.17) is 0 Å². The molecule has 3 atom stereocenters. The third-order valence-electron chi connectivity index (χ3n) is 4.48. The van der Waals surface area contributed by atoms with E-state index in [1.807, 2.05) is 19.1 Å². The first-order chi connectivity index (χ1) is 10.3. The van der Waals surface area contributed by atoms with Crippen LogP contribution >= 0.6 is 0 Å². The molecule has 1 fully saturated rings. The Morgan fingerprint density at radius 1 is 1.18 bits per heavy atom. The molecule has 0 bridgehead atoms. The van der Waals surface area contributed by atoms with E-state index in [2.05, 4.69) is 25.7 Å². The lowest BCUT2D eigenvalue weighted by Gasteiger charge is -2.47. The van der Waals surface area contributed by atoms with Gasteiger partial charge in [-0.3, -0.25) is 4.90 Å². The monoisotopic (exact) mass is 308 g/mol. The summed E-state index contributed by atoms with van der Waals surface area (Å²) in [6.45, 7) is 9.48. The zero-order valence-electron chi connectivity index (χ0n) is 13.7. The molecule has 1 unspecified atom stereocenters. The number of carboxylic acid groups (broad SMARTS) is 1. The van der Waals surface area contributed by atoms with E-state index in [-0.39, 0.29) is 23.9 Å². The summed E-state index contributed by atoms with van der Waals surface area (Å²) in [6, 6.07) is 6.90. The Kier molecular flexibility index (Phi) is 5.06. The Morgan fingerprint density at radius 2 is 1.77 bits per heavy atom. The zero-order chi connectivity index (χ0) is 16.4. The van der Waals surface area contributed by atoms with Crippen LogP contribution in [0.2, 0.25) is 0 Å². The number of hydrogen-bond donors (Lipinski definition) is 1. The highest BCUT2D eigenvalue weighted by Gasteiger charge is 2.36. The summed E-state index contributed by atoms with van der Waals surface area (Å²) in [5, 5.41) is 9.27. The van der Waals surface area contributed by atoms with Gasteiger partial charge in [-0.1, -0.05) is 26.0 Å². The molecule has 0 aromatic heterocycles. The lowest BCUT2D eigenvalue weighted by molar-refractivity contribution is 0.00660. The summed E-state index contributed by atoms with van der Waals surface area (Å²) in [5.74, 6) is 0.125. The van der Waals surface area contributed by atoms with Gasteiger partial charge in [0.2, 0.25) is 0 Å². The number of rotatable bonds is 3. The third-order valence-corrected chi connectivity index (χ3v) is 4.48. The van der Waals surface area contributed by atoms with Gasteiger partial charge in [0.05, 0.1) is 0 Å². The minimum absolute atomic E-state index is 0.0459. The maximum absolute atomic E-state index is 13.2. The Balaban J connectivity index is 2.26. The summed E-state index contributed by atoms with van der Waals surface area (Å²) < 4.78 is 13.2. The molecule has 1 saturated heterocycles. The second kappa shape index (κ2) is 6.65. The Labute approximate surface area is 131 Å². The van der Waals surface area contributed by atoms with E-state index in [0.717, 1.165) is 5.56 Å². The molecule has 1 N–H and O–H groups in total.